The van der Waals surface area contributed by atoms with E-state index >= 15 is 0 Å². The number of aliphatic hydroxyl groups is 1. The molecular weight excluding hydrogens is 701 g/mol. The summed E-state index contributed by atoms with van der Waals surface area (Å²) in [5.41, 5.74) is 1.51. The molecule has 0 fully saturated rings. The van der Waals surface area contributed by atoms with E-state index in [4.69, 9.17) is 9.47 Å². The van der Waals surface area contributed by atoms with Crippen LogP contribution in [0.5, 0.6) is 0 Å². The maximum Gasteiger partial charge on any atom is 0.305 e. The maximum atomic E-state index is 13.2. The van der Waals surface area contributed by atoms with Gasteiger partial charge in [-0.15, -0.1) is 0 Å². The van der Waals surface area contributed by atoms with Crippen LogP contribution in [-0.4, -0.2) is 92.4 Å². The van der Waals surface area contributed by atoms with Crippen molar-refractivity contribution in [3.05, 3.63) is 23.8 Å². The summed E-state index contributed by atoms with van der Waals surface area (Å²) in [7, 11) is 3.98. The Kier molecular flexibility index (Phi) is 38.1. The molecule has 0 unspecified atom stereocenters. The Labute approximate surface area is 346 Å². The van der Waals surface area contributed by atoms with Gasteiger partial charge in [0.05, 0.1) is 46.8 Å². The molecule has 56 heavy (non-hydrogen) atoms. The van der Waals surface area contributed by atoms with E-state index in [2.05, 4.69) is 39.0 Å². The molecule has 0 rings (SSSR count). The van der Waals surface area contributed by atoms with Crippen molar-refractivity contribution in [2.75, 3.05) is 60.1 Å². The molecule has 0 aliphatic carbocycles. The predicted octanol–water partition coefficient (Wildman–Crippen LogP) is 11.8. The van der Waals surface area contributed by atoms with Crippen LogP contribution in [0.25, 0.3) is 0 Å². The number of amides is 1. The zero-order valence-corrected chi connectivity index (χ0v) is 37.6. The highest BCUT2D eigenvalue weighted by Gasteiger charge is 2.21. The monoisotopic (exact) mass is 792 g/mol. The second-order valence-corrected chi connectivity index (χ2v) is 16.9. The van der Waals surface area contributed by atoms with Crippen molar-refractivity contribution < 1.29 is 33.4 Å². The first-order chi connectivity index (χ1) is 27.1. The van der Waals surface area contributed by atoms with Crippen LogP contribution in [-0.2, 0) is 23.9 Å². The number of aliphatic hydroxyl groups excluding tert-OH is 1. The van der Waals surface area contributed by atoms with Crippen molar-refractivity contribution in [1.29, 1.82) is 0 Å². The standard InChI is InChI=1S/C48H91N2O6/c1-6-8-10-12-14-15-16-17-18-19-20-21-23-27-31-35-47(53)55-43-38-49(46(52)37-40-50(4,5)41-42-51)39-44-56-48(54)36-32-28-24-26-30-34-45(3)33-29-25-22-13-11-9-7-2/h17-18,33,51H,6-16,19-32,34-44H2,1-5H3/q+1/b18-17-,45-33+. The third kappa shape index (κ3) is 37.4. The number of ether oxygens (including phenoxy) is 2. The number of hydrogen-bond acceptors (Lipinski definition) is 6. The Morgan fingerprint density at radius 2 is 0.946 bits per heavy atom. The fourth-order valence-electron chi connectivity index (χ4n) is 6.90. The summed E-state index contributed by atoms with van der Waals surface area (Å²) in [5, 5.41) is 9.38. The summed E-state index contributed by atoms with van der Waals surface area (Å²) in [6.45, 7) is 8.79. The zero-order chi connectivity index (χ0) is 41.4. The molecule has 8 heteroatoms. The van der Waals surface area contributed by atoms with E-state index in [1.165, 1.54) is 128 Å². The molecule has 1 N–H and O–H groups in total. The summed E-state index contributed by atoms with van der Waals surface area (Å²) in [6.07, 6.45) is 39.8. The van der Waals surface area contributed by atoms with Crippen molar-refractivity contribution in [3.63, 3.8) is 0 Å². The first-order valence-corrected chi connectivity index (χ1v) is 23.5. The summed E-state index contributed by atoms with van der Waals surface area (Å²) < 4.78 is 11.6. The number of allylic oxidation sites excluding steroid dienone is 4. The second kappa shape index (κ2) is 39.6. The van der Waals surface area contributed by atoms with Crippen molar-refractivity contribution >= 4 is 17.8 Å². The van der Waals surface area contributed by atoms with Crippen LogP contribution in [0, 0.1) is 0 Å². The maximum absolute atomic E-state index is 13.2. The lowest BCUT2D eigenvalue weighted by Crippen LogP contribution is -2.45. The number of likely N-dealkylation sites (N-methyl/N-ethyl adjacent to an activating group) is 1. The third-order valence-electron chi connectivity index (χ3n) is 10.9. The molecule has 0 aliphatic heterocycles. The van der Waals surface area contributed by atoms with Crippen molar-refractivity contribution in [2.24, 2.45) is 0 Å². The molecule has 0 heterocycles. The smallest absolute Gasteiger partial charge is 0.305 e. The summed E-state index contributed by atoms with van der Waals surface area (Å²) in [6, 6.07) is 0. The van der Waals surface area contributed by atoms with Crippen molar-refractivity contribution in [3.8, 4) is 0 Å². The van der Waals surface area contributed by atoms with Crippen LogP contribution in [0.3, 0.4) is 0 Å². The molecule has 0 atom stereocenters. The lowest BCUT2D eigenvalue weighted by molar-refractivity contribution is -0.890. The zero-order valence-electron chi connectivity index (χ0n) is 37.6. The minimum absolute atomic E-state index is 0.0594. The molecule has 1 amide bonds. The molecule has 8 nitrogen and oxygen atoms in total. The first-order valence-electron chi connectivity index (χ1n) is 23.5. The lowest BCUT2D eigenvalue weighted by Gasteiger charge is -2.30. The van der Waals surface area contributed by atoms with Crippen LogP contribution >= 0.6 is 0 Å². The molecule has 0 aromatic rings. The van der Waals surface area contributed by atoms with Crippen LogP contribution in [0.4, 0.5) is 0 Å². The molecule has 0 bridgehead atoms. The minimum atomic E-state index is -0.225. The van der Waals surface area contributed by atoms with E-state index in [1.54, 1.807) is 4.90 Å². The van der Waals surface area contributed by atoms with Gasteiger partial charge in [0.15, 0.2) is 0 Å². The summed E-state index contributed by atoms with van der Waals surface area (Å²) in [5.74, 6) is -0.513. The molecule has 0 aromatic heterocycles. The van der Waals surface area contributed by atoms with Crippen LogP contribution < -0.4 is 0 Å². The van der Waals surface area contributed by atoms with E-state index < -0.39 is 0 Å². The number of rotatable bonds is 41. The highest BCUT2D eigenvalue weighted by molar-refractivity contribution is 5.76. The first kappa shape index (κ1) is 53.8. The Hall–Kier alpha value is -2.19. The van der Waals surface area contributed by atoms with Crippen LogP contribution in [0.2, 0.25) is 0 Å². The van der Waals surface area contributed by atoms with Gasteiger partial charge in [-0.05, 0) is 71.1 Å². The van der Waals surface area contributed by atoms with Gasteiger partial charge in [-0.3, -0.25) is 14.4 Å². The van der Waals surface area contributed by atoms with Crippen LogP contribution in [0.15, 0.2) is 23.8 Å². The second-order valence-electron chi connectivity index (χ2n) is 16.9. The number of hydrogen-bond donors (Lipinski definition) is 1. The van der Waals surface area contributed by atoms with Gasteiger partial charge in [0.25, 0.3) is 0 Å². The van der Waals surface area contributed by atoms with Gasteiger partial charge in [-0.2, -0.15) is 0 Å². The summed E-state index contributed by atoms with van der Waals surface area (Å²) in [4.78, 5) is 39.7. The number of carbonyl (C=O) groups is 3. The summed E-state index contributed by atoms with van der Waals surface area (Å²) >= 11 is 0. The van der Waals surface area contributed by atoms with Gasteiger partial charge in [-0.25, -0.2) is 0 Å². The van der Waals surface area contributed by atoms with Crippen LogP contribution in [0.1, 0.15) is 207 Å². The molecule has 0 aromatic carbocycles. The van der Waals surface area contributed by atoms with E-state index in [-0.39, 0.29) is 50.8 Å². The fraction of sp³-hybridized carbons (Fsp3) is 0.854. The molecule has 0 aliphatic rings. The number of nitrogens with zero attached hydrogens (tertiary/aromatic N) is 2. The van der Waals surface area contributed by atoms with E-state index in [9.17, 15) is 19.5 Å². The number of carbonyl (C=O) groups excluding carboxylic acids is 3. The molecular formula is C48H91N2O6+. The van der Waals surface area contributed by atoms with Gasteiger partial charge in [0.2, 0.25) is 5.91 Å². The topological polar surface area (TPSA) is 93.1 Å². The third-order valence-corrected chi connectivity index (χ3v) is 10.9. The number of esters is 2. The molecule has 0 saturated heterocycles. The highest BCUT2D eigenvalue weighted by Crippen LogP contribution is 2.15. The molecule has 0 saturated carbocycles. The Morgan fingerprint density at radius 3 is 1.41 bits per heavy atom. The van der Waals surface area contributed by atoms with E-state index in [0.29, 0.717) is 36.8 Å². The predicted molar refractivity (Wildman–Crippen MR) is 236 cm³/mol. The number of unbranched alkanes of at least 4 members (excludes halogenated alkanes) is 21. The minimum Gasteiger partial charge on any atom is -0.464 e. The lowest BCUT2D eigenvalue weighted by atomic mass is 10.0. The SMILES string of the molecule is CCCCCCCC/C=C\CCCCCCCC(=O)OCCN(CCOC(=O)CCCCCCC/C(C)=C/CCCCCCCC)C(=O)CC[N+](C)(C)CCO. The average molecular weight is 792 g/mol. The van der Waals surface area contributed by atoms with Crippen molar-refractivity contribution in [2.45, 2.75) is 207 Å². The normalized spacial score (nSPS) is 12.1. The van der Waals surface area contributed by atoms with Gasteiger partial charge in [-0.1, -0.05) is 140 Å². The van der Waals surface area contributed by atoms with Crippen molar-refractivity contribution in [1.82, 2.24) is 4.90 Å². The van der Waals surface area contributed by atoms with E-state index in [1.807, 2.05) is 14.1 Å². The average Bonchev–Trinajstić information content (AvgIpc) is 3.17. The quantitative estimate of drug-likeness (QED) is 0.0287. The largest absolute Gasteiger partial charge is 0.464 e. The Morgan fingerprint density at radius 1 is 0.536 bits per heavy atom. The van der Waals surface area contributed by atoms with Gasteiger partial charge < -0.3 is 24.0 Å². The highest BCUT2D eigenvalue weighted by atomic mass is 16.5. The molecule has 328 valence electrons. The Bertz CT molecular complexity index is 994. The Balaban J connectivity index is 4.28. The van der Waals surface area contributed by atoms with E-state index in [0.717, 1.165) is 44.9 Å². The van der Waals surface area contributed by atoms with Gasteiger partial charge >= 0.3 is 11.9 Å². The van der Waals surface area contributed by atoms with Gasteiger partial charge in [0.1, 0.15) is 19.8 Å². The number of quaternary nitrogens is 1. The fourth-order valence-corrected chi connectivity index (χ4v) is 6.90. The molecule has 0 spiro atoms. The molecule has 0 radical (unpaired) electrons. The van der Waals surface area contributed by atoms with Gasteiger partial charge in [0, 0.05) is 12.8 Å².